The predicted molar refractivity (Wildman–Crippen MR) is 92.8 cm³/mol. The van der Waals surface area contributed by atoms with Crippen molar-refractivity contribution in [3.8, 4) is 5.75 Å². The standard InChI is InChI=1S/C18H26N4O2/c1-21-17(5-6-20-21)13-19-12-15-3-4-18(23-2)16(11-15)14-22-7-9-24-10-8-22/h3-6,11,19H,7-10,12-14H2,1-2H3. The highest BCUT2D eigenvalue weighted by Crippen LogP contribution is 2.22. The number of aryl methyl sites for hydroxylation is 1. The second-order valence-electron chi connectivity index (χ2n) is 6.08. The minimum absolute atomic E-state index is 0.807. The van der Waals surface area contributed by atoms with Gasteiger partial charge in [-0.05, 0) is 23.8 Å². The Bertz CT molecular complexity index is 650. The van der Waals surface area contributed by atoms with Crippen LogP contribution in [0.2, 0.25) is 0 Å². The summed E-state index contributed by atoms with van der Waals surface area (Å²) in [6, 6.07) is 8.46. The van der Waals surface area contributed by atoms with Crippen LogP contribution in [-0.2, 0) is 31.4 Å². The SMILES string of the molecule is COc1ccc(CNCc2ccnn2C)cc1CN1CCOCC1. The Morgan fingerprint density at radius 1 is 1.21 bits per heavy atom. The van der Waals surface area contributed by atoms with E-state index in [4.69, 9.17) is 9.47 Å². The summed E-state index contributed by atoms with van der Waals surface area (Å²) >= 11 is 0. The molecule has 6 nitrogen and oxygen atoms in total. The zero-order valence-electron chi connectivity index (χ0n) is 14.5. The van der Waals surface area contributed by atoms with Crippen LogP contribution in [0.1, 0.15) is 16.8 Å². The molecule has 2 aromatic rings. The van der Waals surface area contributed by atoms with Crippen molar-refractivity contribution in [3.05, 3.63) is 47.3 Å². The molecule has 0 spiro atoms. The van der Waals surface area contributed by atoms with Crippen LogP contribution in [0.15, 0.2) is 30.5 Å². The zero-order chi connectivity index (χ0) is 16.8. The lowest BCUT2D eigenvalue weighted by atomic mass is 10.1. The zero-order valence-corrected chi connectivity index (χ0v) is 14.5. The third-order valence-electron chi connectivity index (χ3n) is 4.40. The van der Waals surface area contributed by atoms with E-state index in [-0.39, 0.29) is 0 Å². The Morgan fingerprint density at radius 3 is 2.75 bits per heavy atom. The van der Waals surface area contributed by atoms with Crippen LogP contribution in [0.5, 0.6) is 5.75 Å². The third kappa shape index (κ3) is 4.35. The van der Waals surface area contributed by atoms with Crippen LogP contribution in [0, 0.1) is 0 Å². The molecule has 6 heteroatoms. The molecule has 1 fully saturated rings. The highest BCUT2D eigenvalue weighted by Gasteiger charge is 2.13. The van der Waals surface area contributed by atoms with Gasteiger partial charge in [-0.1, -0.05) is 6.07 Å². The van der Waals surface area contributed by atoms with Crippen LogP contribution in [-0.4, -0.2) is 48.1 Å². The number of nitrogens with zero attached hydrogens (tertiary/aromatic N) is 3. The molecule has 0 aliphatic carbocycles. The lowest BCUT2D eigenvalue weighted by Gasteiger charge is -2.27. The van der Waals surface area contributed by atoms with Crippen LogP contribution < -0.4 is 10.1 Å². The first-order valence-corrected chi connectivity index (χ1v) is 8.40. The van der Waals surface area contributed by atoms with Crippen molar-refractivity contribution in [2.75, 3.05) is 33.4 Å². The summed E-state index contributed by atoms with van der Waals surface area (Å²) in [6.07, 6.45) is 1.82. The van der Waals surface area contributed by atoms with Crippen LogP contribution >= 0.6 is 0 Å². The van der Waals surface area contributed by atoms with Crippen LogP contribution in [0.3, 0.4) is 0 Å². The first-order chi connectivity index (χ1) is 11.8. The number of rotatable bonds is 7. The van der Waals surface area contributed by atoms with Gasteiger partial charge < -0.3 is 14.8 Å². The molecule has 1 aromatic carbocycles. The predicted octanol–water partition coefficient (Wildman–Crippen LogP) is 1.55. The second kappa shape index (κ2) is 8.28. The summed E-state index contributed by atoms with van der Waals surface area (Å²) < 4.78 is 12.9. The monoisotopic (exact) mass is 330 g/mol. The maximum atomic E-state index is 5.53. The van der Waals surface area contributed by atoms with E-state index in [1.165, 1.54) is 16.8 Å². The van der Waals surface area contributed by atoms with E-state index in [0.717, 1.165) is 51.7 Å². The molecule has 24 heavy (non-hydrogen) atoms. The molecule has 1 N–H and O–H groups in total. The molecule has 1 saturated heterocycles. The molecule has 0 saturated carbocycles. The number of hydrogen-bond donors (Lipinski definition) is 1. The average molecular weight is 330 g/mol. The minimum Gasteiger partial charge on any atom is -0.496 e. The van der Waals surface area contributed by atoms with Crippen molar-refractivity contribution in [2.45, 2.75) is 19.6 Å². The van der Waals surface area contributed by atoms with E-state index >= 15 is 0 Å². The molecular weight excluding hydrogens is 304 g/mol. The fourth-order valence-electron chi connectivity index (χ4n) is 2.98. The van der Waals surface area contributed by atoms with Gasteiger partial charge in [-0.2, -0.15) is 5.10 Å². The molecule has 1 aliphatic heterocycles. The number of nitrogens with one attached hydrogen (secondary N) is 1. The van der Waals surface area contributed by atoms with E-state index < -0.39 is 0 Å². The van der Waals surface area contributed by atoms with Gasteiger partial charge in [0.25, 0.3) is 0 Å². The lowest BCUT2D eigenvalue weighted by Crippen LogP contribution is -2.35. The molecule has 3 rings (SSSR count). The van der Waals surface area contributed by atoms with Gasteiger partial charge in [0.05, 0.1) is 26.0 Å². The Hall–Kier alpha value is -1.89. The van der Waals surface area contributed by atoms with Gasteiger partial charge >= 0.3 is 0 Å². The number of benzene rings is 1. The first kappa shape index (κ1) is 17.0. The maximum absolute atomic E-state index is 5.53. The van der Waals surface area contributed by atoms with Crippen molar-refractivity contribution in [1.82, 2.24) is 20.0 Å². The van der Waals surface area contributed by atoms with Crippen molar-refractivity contribution in [1.29, 1.82) is 0 Å². The normalized spacial score (nSPS) is 15.6. The molecule has 0 unspecified atom stereocenters. The van der Waals surface area contributed by atoms with Gasteiger partial charge in [0, 0.05) is 51.5 Å². The number of morpholine rings is 1. The van der Waals surface area contributed by atoms with Crippen molar-refractivity contribution >= 4 is 0 Å². The Labute approximate surface area is 143 Å². The van der Waals surface area contributed by atoms with Crippen molar-refractivity contribution in [2.24, 2.45) is 7.05 Å². The van der Waals surface area contributed by atoms with E-state index in [0.29, 0.717) is 0 Å². The molecule has 0 radical (unpaired) electrons. The Balaban J connectivity index is 1.61. The number of ether oxygens (including phenoxy) is 2. The van der Waals surface area contributed by atoms with Gasteiger partial charge in [-0.3, -0.25) is 9.58 Å². The molecular formula is C18H26N4O2. The van der Waals surface area contributed by atoms with E-state index in [1.807, 2.05) is 24.0 Å². The lowest BCUT2D eigenvalue weighted by molar-refractivity contribution is 0.0339. The van der Waals surface area contributed by atoms with E-state index in [1.54, 1.807) is 7.11 Å². The molecule has 2 heterocycles. The quantitative estimate of drug-likeness (QED) is 0.835. The van der Waals surface area contributed by atoms with Gasteiger partial charge in [0.15, 0.2) is 0 Å². The van der Waals surface area contributed by atoms with Gasteiger partial charge in [-0.25, -0.2) is 0 Å². The minimum atomic E-state index is 0.807. The Morgan fingerprint density at radius 2 is 2.04 bits per heavy atom. The maximum Gasteiger partial charge on any atom is 0.123 e. The highest BCUT2D eigenvalue weighted by atomic mass is 16.5. The summed E-state index contributed by atoms with van der Waals surface area (Å²) in [5.41, 5.74) is 3.68. The van der Waals surface area contributed by atoms with E-state index in [9.17, 15) is 0 Å². The summed E-state index contributed by atoms with van der Waals surface area (Å²) in [7, 11) is 3.70. The third-order valence-corrected chi connectivity index (χ3v) is 4.40. The molecule has 1 aromatic heterocycles. The van der Waals surface area contributed by atoms with Crippen LogP contribution in [0.4, 0.5) is 0 Å². The molecule has 0 atom stereocenters. The smallest absolute Gasteiger partial charge is 0.123 e. The summed E-state index contributed by atoms with van der Waals surface area (Å²) in [5.74, 6) is 0.955. The molecule has 0 bridgehead atoms. The molecule has 0 amide bonds. The van der Waals surface area contributed by atoms with Gasteiger partial charge in [-0.15, -0.1) is 0 Å². The van der Waals surface area contributed by atoms with Gasteiger partial charge in [0.2, 0.25) is 0 Å². The second-order valence-corrected chi connectivity index (χ2v) is 6.08. The fourth-order valence-corrected chi connectivity index (χ4v) is 2.98. The number of hydrogen-bond acceptors (Lipinski definition) is 5. The number of methoxy groups -OCH3 is 1. The molecule has 130 valence electrons. The Kier molecular flexibility index (Phi) is 5.85. The highest BCUT2D eigenvalue weighted by molar-refractivity contribution is 5.37. The first-order valence-electron chi connectivity index (χ1n) is 8.40. The van der Waals surface area contributed by atoms with Gasteiger partial charge in [0.1, 0.15) is 5.75 Å². The van der Waals surface area contributed by atoms with E-state index in [2.05, 4.69) is 33.5 Å². The summed E-state index contributed by atoms with van der Waals surface area (Å²) in [5, 5.41) is 7.67. The summed E-state index contributed by atoms with van der Waals surface area (Å²) in [4.78, 5) is 2.41. The summed E-state index contributed by atoms with van der Waals surface area (Å²) in [6.45, 7) is 6.12. The largest absolute Gasteiger partial charge is 0.496 e. The number of aromatic nitrogens is 2. The topological polar surface area (TPSA) is 51.5 Å². The van der Waals surface area contributed by atoms with Crippen molar-refractivity contribution in [3.63, 3.8) is 0 Å². The molecule has 1 aliphatic rings. The van der Waals surface area contributed by atoms with Crippen LogP contribution in [0.25, 0.3) is 0 Å². The average Bonchev–Trinajstić information content (AvgIpc) is 3.01. The fraction of sp³-hybridized carbons (Fsp3) is 0.500. The van der Waals surface area contributed by atoms with Crippen molar-refractivity contribution < 1.29 is 9.47 Å².